The molecule has 2 nitrogen and oxygen atoms in total. The third kappa shape index (κ3) is 4.84. The number of methoxy groups -OCH3 is 1. The highest BCUT2D eigenvalue weighted by molar-refractivity contribution is 5.51. The lowest BCUT2D eigenvalue weighted by atomic mass is 10.2. The van der Waals surface area contributed by atoms with Crippen LogP contribution in [0.5, 0.6) is 5.75 Å². The Morgan fingerprint density at radius 3 is 2.69 bits per heavy atom. The lowest BCUT2D eigenvalue weighted by Crippen LogP contribution is -2.17. The van der Waals surface area contributed by atoms with Crippen LogP contribution in [-0.2, 0) is 4.74 Å². The van der Waals surface area contributed by atoms with Crippen molar-refractivity contribution in [2.75, 3.05) is 13.7 Å². The van der Waals surface area contributed by atoms with E-state index in [0.717, 1.165) is 0 Å². The van der Waals surface area contributed by atoms with Gasteiger partial charge in [-0.3, -0.25) is 0 Å². The number of halogens is 3. The van der Waals surface area contributed by atoms with Crippen LogP contribution in [0.15, 0.2) is 30.3 Å². The molecule has 0 saturated carbocycles. The van der Waals surface area contributed by atoms with Crippen molar-refractivity contribution in [1.29, 1.82) is 0 Å². The summed E-state index contributed by atoms with van der Waals surface area (Å²) in [5.41, 5.74) is 0.624. The van der Waals surface area contributed by atoms with E-state index in [1.54, 1.807) is 18.2 Å². The van der Waals surface area contributed by atoms with E-state index in [0.29, 0.717) is 12.2 Å². The highest BCUT2D eigenvalue weighted by Crippen LogP contribution is 2.23. The maximum absolute atomic E-state index is 11.9. The summed E-state index contributed by atoms with van der Waals surface area (Å²) in [5, 5.41) is 0. The maximum Gasteiger partial charge on any atom is 0.573 e. The van der Waals surface area contributed by atoms with Crippen LogP contribution >= 0.6 is 0 Å². The quantitative estimate of drug-likeness (QED) is 0.793. The van der Waals surface area contributed by atoms with Crippen molar-refractivity contribution in [1.82, 2.24) is 0 Å². The van der Waals surface area contributed by atoms with E-state index >= 15 is 0 Å². The predicted octanol–water partition coefficient (Wildman–Crippen LogP) is 3.24. The van der Waals surface area contributed by atoms with Gasteiger partial charge < -0.3 is 9.47 Å². The Kier molecular flexibility index (Phi) is 4.37. The smallest absolute Gasteiger partial charge is 0.406 e. The van der Waals surface area contributed by atoms with Crippen LogP contribution in [0.1, 0.15) is 5.56 Å². The molecule has 0 radical (unpaired) electrons. The molecular weight excluding hydrogens is 221 g/mol. The zero-order valence-corrected chi connectivity index (χ0v) is 8.62. The average Bonchev–Trinajstić information content (AvgIpc) is 2.16. The Balaban J connectivity index is 2.71. The summed E-state index contributed by atoms with van der Waals surface area (Å²) in [5.74, 6) is -0.230. The molecule has 0 spiro atoms. The zero-order chi connectivity index (χ0) is 12.0. The van der Waals surface area contributed by atoms with E-state index in [1.807, 2.05) is 0 Å². The largest absolute Gasteiger partial charge is 0.573 e. The standard InChI is InChI=1S/C11H11F3O2/c1-15-7-3-5-9-4-2-6-10(8-9)16-11(12,13)14/h2-6,8H,7H2,1H3. The molecule has 88 valence electrons. The normalized spacial score (nSPS) is 12.0. The van der Waals surface area contributed by atoms with Crippen LogP contribution in [-0.4, -0.2) is 20.1 Å². The molecule has 0 heterocycles. The first-order valence-corrected chi connectivity index (χ1v) is 4.52. The molecule has 1 rings (SSSR count). The first kappa shape index (κ1) is 12.6. The van der Waals surface area contributed by atoms with Crippen LogP contribution in [0.25, 0.3) is 6.08 Å². The van der Waals surface area contributed by atoms with Gasteiger partial charge in [-0.1, -0.05) is 24.3 Å². The van der Waals surface area contributed by atoms with Gasteiger partial charge in [0.1, 0.15) is 5.75 Å². The van der Waals surface area contributed by atoms with E-state index in [-0.39, 0.29) is 5.75 Å². The average molecular weight is 232 g/mol. The fourth-order valence-corrected chi connectivity index (χ4v) is 1.10. The second-order valence-electron chi connectivity index (χ2n) is 2.98. The molecule has 1 aromatic rings. The fraction of sp³-hybridized carbons (Fsp3) is 0.273. The van der Waals surface area contributed by atoms with Crippen LogP contribution < -0.4 is 4.74 Å². The molecule has 0 aliphatic carbocycles. The molecule has 0 aliphatic heterocycles. The summed E-state index contributed by atoms with van der Waals surface area (Å²) in [7, 11) is 1.54. The Morgan fingerprint density at radius 2 is 2.06 bits per heavy atom. The third-order valence-electron chi connectivity index (χ3n) is 1.66. The van der Waals surface area contributed by atoms with Crippen molar-refractivity contribution >= 4 is 6.08 Å². The van der Waals surface area contributed by atoms with Gasteiger partial charge in [-0.2, -0.15) is 0 Å². The second-order valence-corrected chi connectivity index (χ2v) is 2.98. The molecule has 0 bridgehead atoms. The number of hydrogen-bond donors (Lipinski definition) is 0. The van der Waals surface area contributed by atoms with Crippen molar-refractivity contribution in [3.8, 4) is 5.75 Å². The van der Waals surface area contributed by atoms with E-state index < -0.39 is 6.36 Å². The van der Waals surface area contributed by atoms with Crippen LogP contribution in [0.2, 0.25) is 0 Å². The Hall–Kier alpha value is -1.49. The van der Waals surface area contributed by atoms with E-state index in [4.69, 9.17) is 4.74 Å². The first-order chi connectivity index (χ1) is 7.51. The summed E-state index contributed by atoms with van der Waals surface area (Å²) in [6.07, 6.45) is -1.30. The van der Waals surface area contributed by atoms with Crippen molar-refractivity contribution < 1.29 is 22.6 Å². The summed E-state index contributed by atoms with van der Waals surface area (Å²) in [6, 6.07) is 5.73. The number of hydrogen-bond acceptors (Lipinski definition) is 2. The maximum atomic E-state index is 11.9. The van der Waals surface area contributed by atoms with Gasteiger partial charge >= 0.3 is 6.36 Å². The van der Waals surface area contributed by atoms with Crippen LogP contribution in [0.3, 0.4) is 0 Å². The summed E-state index contributed by atoms with van der Waals surface area (Å²) >= 11 is 0. The number of ether oxygens (including phenoxy) is 2. The Bertz CT molecular complexity index is 358. The SMILES string of the molecule is COCC=Cc1cccc(OC(F)(F)F)c1. The van der Waals surface area contributed by atoms with E-state index in [2.05, 4.69) is 4.74 Å². The fourth-order valence-electron chi connectivity index (χ4n) is 1.10. The van der Waals surface area contributed by atoms with E-state index in [9.17, 15) is 13.2 Å². The Labute approximate surface area is 91.3 Å². The molecule has 0 N–H and O–H groups in total. The zero-order valence-electron chi connectivity index (χ0n) is 8.62. The highest BCUT2D eigenvalue weighted by Gasteiger charge is 2.30. The molecule has 0 fully saturated rings. The van der Waals surface area contributed by atoms with Gasteiger partial charge in [0.05, 0.1) is 6.61 Å². The highest BCUT2D eigenvalue weighted by atomic mass is 19.4. The number of benzene rings is 1. The predicted molar refractivity (Wildman–Crippen MR) is 54.0 cm³/mol. The third-order valence-corrected chi connectivity index (χ3v) is 1.66. The number of rotatable bonds is 4. The van der Waals surface area contributed by atoms with Gasteiger partial charge in [0.15, 0.2) is 0 Å². The van der Waals surface area contributed by atoms with Crippen molar-refractivity contribution in [2.24, 2.45) is 0 Å². The number of alkyl halides is 3. The molecule has 1 aromatic carbocycles. The molecule has 0 atom stereocenters. The van der Waals surface area contributed by atoms with Gasteiger partial charge in [-0.05, 0) is 17.7 Å². The molecule has 0 unspecified atom stereocenters. The lowest BCUT2D eigenvalue weighted by Gasteiger charge is -2.08. The Morgan fingerprint density at radius 1 is 1.31 bits per heavy atom. The minimum atomic E-state index is -4.66. The minimum absolute atomic E-state index is 0.230. The topological polar surface area (TPSA) is 18.5 Å². The lowest BCUT2D eigenvalue weighted by molar-refractivity contribution is -0.274. The van der Waals surface area contributed by atoms with Crippen LogP contribution in [0.4, 0.5) is 13.2 Å². The molecule has 16 heavy (non-hydrogen) atoms. The van der Waals surface area contributed by atoms with Crippen molar-refractivity contribution in [3.05, 3.63) is 35.9 Å². The van der Waals surface area contributed by atoms with Gasteiger partial charge in [0, 0.05) is 7.11 Å². The minimum Gasteiger partial charge on any atom is -0.406 e. The van der Waals surface area contributed by atoms with Gasteiger partial charge in [-0.25, -0.2) is 0 Å². The molecule has 5 heteroatoms. The van der Waals surface area contributed by atoms with Gasteiger partial charge in [0.2, 0.25) is 0 Å². The molecule has 0 amide bonds. The summed E-state index contributed by atoms with van der Waals surface area (Å²) in [6.45, 7) is 0.407. The second kappa shape index (κ2) is 5.55. The molecule has 0 aliphatic rings. The molecule has 0 saturated heterocycles. The van der Waals surface area contributed by atoms with Crippen LogP contribution in [0, 0.1) is 0 Å². The van der Waals surface area contributed by atoms with Crippen molar-refractivity contribution in [3.63, 3.8) is 0 Å². The van der Waals surface area contributed by atoms with Crippen molar-refractivity contribution in [2.45, 2.75) is 6.36 Å². The molecule has 0 aromatic heterocycles. The summed E-state index contributed by atoms with van der Waals surface area (Å²) in [4.78, 5) is 0. The monoisotopic (exact) mass is 232 g/mol. The molecular formula is C11H11F3O2. The summed E-state index contributed by atoms with van der Waals surface area (Å²) < 4.78 is 44.3. The van der Waals surface area contributed by atoms with Gasteiger partial charge in [-0.15, -0.1) is 13.2 Å². The van der Waals surface area contributed by atoms with E-state index in [1.165, 1.54) is 25.3 Å². The first-order valence-electron chi connectivity index (χ1n) is 4.52. The van der Waals surface area contributed by atoms with Gasteiger partial charge in [0.25, 0.3) is 0 Å².